The highest BCUT2D eigenvalue weighted by atomic mass is 16.2. The molecule has 0 aromatic heterocycles. The molecule has 6 nitrogen and oxygen atoms in total. The van der Waals surface area contributed by atoms with Crippen molar-refractivity contribution in [3.63, 3.8) is 0 Å². The van der Waals surface area contributed by atoms with Crippen LogP contribution >= 0.6 is 0 Å². The fraction of sp³-hybridized carbons (Fsp3) is 0.500. The van der Waals surface area contributed by atoms with Crippen molar-refractivity contribution < 1.29 is 19.2 Å². The van der Waals surface area contributed by atoms with Crippen molar-refractivity contribution in [3.8, 4) is 0 Å². The first-order chi connectivity index (χ1) is 23.4. The second kappa shape index (κ2) is 10.5. The molecule has 6 heteroatoms. The summed E-state index contributed by atoms with van der Waals surface area (Å²) in [5.41, 5.74) is 13.6. The van der Waals surface area contributed by atoms with E-state index in [-0.39, 0.29) is 46.8 Å². The van der Waals surface area contributed by atoms with Gasteiger partial charge in [-0.2, -0.15) is 0 Å². The van der Waals surface area contributed by atoms with Gasteiger partial charge >= 0.3 is 0 Å². The van der Waals surface area contributed by atoms with Crippen LogP contribution in [0.5, 0.6) is 0 Å². The Morgan fingerprint density at radius 3 is 1.80 bits per heavy atom. The van der Waals surface area contributed by atoms with E-state index in [4.69, 9.17) is 0 Å². The lowest BCUT2D eigenvalue weighted by Crippen LogP contribution is -2.60. The van der Waals surface area contributed by atoms with Gasteiger partial charge in [-0.3, -0.25) is 24.1 Å². The van der Waals surface area contributed by atoms with E-state index in [1.54, 1.807) is 0 Å². The molecule has 2 aliphatic heterocycles. The summed E-state index contributed by atoms with van der Waals surface area (Å²) in [6, 6.07) is 13.4. The number of amides is 4. The van der Waals surface area contributed by atoms with Crippen molar-refractivity contribution >= 4 is 29.3 Å². The highest BCUT2D eigenvalue weighted by Crippen LogP contribution is 2.60. The monoisotopic (exact) mass is 670 g/mol. The van der Waals surface area contributed by atoms with Crippen molar-refractivity contribution in [2.24, 2.45) is 29.6 Å². The topological polar surface area (TPSA) is 74.8 Å². The summed E-state index contributed by atoms with van der Waals surface area (Å²) in [5, 5.41) is 0. The van der Waals surface area contributed by atoms with Gasteiger partial charge in [0, 0.05) is 23.3 Å². The molecule has 2 saturated heterocycles. The average molecular weight is 671 g/mol. The van der Waals surface area contributed by atoms with Gasteiger partial charge in [0.25, 0.3) is 0 Å². The molecule has 260 valence electrons. The summed E-state index contributed by atoms with van der Waals surface area (Å²) in [4.78, 5) is 60.5. The summed E-state index contributed by atoms with van der Waals surface area (Å²) in [6.45, 7) is 22.9. The van der Waals surface area contributed by atoms with Crippen LogP contribution in [0.1, 0.15) is 134 Å². The number of rotatable bonds is 1. The predicted octanol–water partition coefficient (Wildman–Crippen LogP) is 8.14. The zero-order valence-corrected chi connectivity index (χ0v) is 31.4. The first-order valence-electron chi connectivity index (χ1n) is 18.5. The molecule has 4 amide bonds. The van der Waals surface area contributed by atoms with Crippen LogP contribution in [-0.4, -0.2) is 34.1 Å². The lowest BCUT2D eigenvalue weighted by atomic mass is 9.58. The molecular formula is C44H50N2O4. The number of anilines is 1. The first-order valence-corrected chi connectivity index (χ1v) is 18.5. The van der Waals surface area contributed by atoms with Crippen LogP contribution < -0.4 is 4.90 Å². The molecule has 9 rings (SSSR count). The smallest absolute Gasteiger partial charge is 0.238 e. The van der Waals surface area contributed by atoms with E-state index in [2.05, 4.69) is 77.9 Å². The maximum atomic E-state index is 14.8. The first kappa shape index (κ1) is 33.1. The molecule has 0 N–H and O–H groups in total. The second-order valence-corrected chi connectivity index (χ2v) is 18.0. The number of fused-ring (bicyclic) bond motifs is 6. The number of benzene rings is 3. The van der Waals surface area contributed by atoms with Crippen LogP contribution in [0.2, 0.25) is 0 Å². The van der Waals surface area contributed by atoms with Gasteiger partial charge in [-0.25, -0.2) is 4.90 Å². The van der Waals surface area contributed by atoms with Crippen molar-refractivity contribution in [2.45, 2.75) is 112 Å². The van der Waals surface area contributed by atoms with Crippen LogP contribution in [0.15, 0.2) is 36.4 Å². The van der Waals surface area contributed by atoms with E-state index < -0.39 is 29.2 Å². The Morgan fingerprint density at radius 1 is 0.640 bits per heavy atom. The number of hydrogen-bond donors (Lipinski definition) is 0. The number of imide groups is 2. The lowest BCUT2D eigenvalue weighted by Gasteiger charge is -2.47. The molecule has 1 saturated carbocycles. The maximum absolute atomic E-state index is 14.8. The molecule has 2 heterocycles. The number of carbonyl (C=O) groups excluding carboxylic acids is 4. The minimum absolute atomic E-state index is 0.0283. The number of carbonyl (C=O) groups is 4. The normalized spacial score (nSPS) is 28.4. The molecular weight excluding hydrogens is 620 g/mol. The highest BCUT2D eigenvalue weighted by Gasteiger charge is 2.63. The van der Waals surface area contributed by atoms with E-state index in [0.29, 0.717) is 18.5 Å². The maximum Gasteiger partial charge on any atom is 0.238 e. The van der Waals surface area contributed by atoms with Crippen molar-refractivity contribution in [1.82, 2.24) is 4.90 Å². The SMILES string of the molecule is Cc1cc2c(c(C)c1N1C(=O)C3C4CCC(C(C)C(=O)N(C(C)(C)C)C4=O)C3C1=O)[C@@H]1c3ccccc3C2c2cc(C)c(C(C)(C)C)c(C)c21. The van der Waals surface area contributed by atoms with Crippen LogP contribution in [0.25, 0.3) is 0 Å². The summed E-state index contributed by atoms with van der Waals surface area (Å²) >= 11 is 0. The number of aryl methyl sites for hydroxylation is 2. The highest BCUT2D eigenvalue weighted by molar-refractivity contribution is 6.24. The Bertz CT molecular complexity index is 2080. The third kappa shape index (κ3) is 4.14. The Labute approximate surface area is 296 Å². The number of likely N-dealkylation sites (tertiary alicyclic amines) is 1. The number of hydrogen-bond acceptors (Lipinski definition) is 4. The van der Waals surface area contributed by atoms with Gasteiger partial charge < -0.3 is 0 Å². The molecule has 7 atom stereocenters. The van der Waals surface area contributed by atoms with E-state index in [1.165, 1.54) is 59.9 Å². The largest absolute Gasteiger partial charge is 0.277 e. The summed E-state index contributed by atoms with van der Waals surface area (Å²) in [7, 11) is 0. The minimum Gasteiger partial charge on any atom is -0.277 e. The quantitative estimate of drug-likeness (QED) is 0.169. The van der Waals surface area contributed by atoms with Crippen LogP contribution in [0, 0.1) is 57.3 Å². The van der Waals surface area contributed by atoms with E-state index in [0.717, 1.165) is 11.1 Å². The van der Waals surface area contributed by atoms with E-state index in [1.807, 2.05) is 34.6 Å². The standard InChI is InChI=1S/C44H50N2O4/c1-20-18-29-31(23(4)37(20)43(6,7)8)34-27-15-13-12-14-26(27)33(29)30-19-21(2)38(24(5)32(30)34)45-41(49)35-25-16-17-28(36(35)42(45)50)40(48)46(44(9,10)11)39(47)22(25)3/h12-15,18-19,22,25,28,33-36H,16-17H2,1-11H3/t22?,25?,28?,33?,34-,35?,36?/m1/s1. The summed E-state index contributed by atoms with van der Waals surface area (Å²) < 4.78 is 0. The van der Waals surface area contributed by atoms with Crippen molar-refractivity contribution in [1.29, 1.82) is 0 Å². The van der Waals surface area contributed by atoms with Gasteiger partial charge in [0.2, 0.25) is 23.6 Å². The fourth-order valence-electron chi connectivity index (χ4n) is 11.5. The minimum atomic E-state index is -0.763. The Morgan fingerprint density at radius 2 is 1.20 bits per heavy atom. The van der Waals surface area contributed by atoms with Gasteiger partial charge in [-0.15, -0.1) is 0 Å². The van der Waals surface area contributed by atoms with Gasteiger partial charge in [-0.05, 0) is 134 Å². The summed E-state index contributed by atoms with van der Waals surface area (Å²) in [6.07, 6.45) is 1.10. The van der Waals surface area contributed by atoms with Gasteiger partial charge in [0.15, 0.2) is 0 Å². The molecule has 0 spiro atoms. The van der Waals surface area contributed by atoms with Gasteiger partial charge in [-0.1, -0.05) is 64.1 Å². The summed E-state index contributed by atoms with van der Waals surface area (Å²) in [5.74, 6) is -4.02. The molecule has 4 aliphatic carbocycles. The molecule has 3 aromatic rings. The van der Waals surface area contributed by atoms with Crippen LogP contribution in [0.4, 0.5) is 5.69 Å². The third-order valence-corrected chi connectivity index (χ3v) is 13.0. The third-order valence-electron chi connectivity index (χ3n) is 13.0. The Hall–Kier alpha value is -4.06. The molecule has 6 unspecified atom stereocenters. The lowest BCUT2D eigenvalue weighted by molar-refractivity contribution is -0.167. The Kier molecular flexibility index (Phi) is 6.95. The van der Waals surface area contributed by atoms with Gasteiger partial charge in [0.05, 0.1) is 23.4 Å². The predicted molar refractivity (Wildman–Crippen MR) is 195 cm³/mol. The molecule has 6 aliphatic rings. The number of nitrogens with zero attached hydrogens (tertiary/aromatic N) is 2. The van der Waals surface area contributed by atoms with Crippen LogP contribution in [0.3, 0.4) is 0 Å². The molecule has 0 radical (unpaired) electrons. The second-order valence-electron chi connectivity index (χ2n) is 18.0. The van der Waals surface area contributed by atoms with Gasteiger partial charge in [0.1, 0.15) is 0 Å². The average Bonchev–Trinajstić information content (AvgIpc) is 3.27. The zero-order valence-electron chi connectivity index (χ0n) is 31.4. The van der Waals surface area contributed by atoms with E-state index >= 15 is 0 Å². The molecule has 4 bridgehead atoms. The Balaban J connectivity index is 1.32. The van der Waals surface area contributed by atoms with Crippen LogP contribution in [-0.2, 0) is 24.6 Å². The molecule has 3 aromatic carbocycles. The zero-order chi connectivity index (χ0) is 36.1. The van der Waals surface area contributed by atoms with Crippen molar-refractivity contribution in [3.05, 3.63) is 97.6 Å². The molecule has 3 fully saturated rings. The van der Waals surface area contributed by atoms with E-state index in [9.17, 15) is 19.2 Å². The fourth-order valence-corrected chi connectivity index (χ4v) is 11.5. The van der Waals surface area contributed by atoms with Crippen molar-refractivity contribution in [2.75, 3.05) is 4.90 Å². The molecule has 50 heavy (non-hydrogen) atoms.